The molecule has 0 saturated heterocycles. The van der Waals surface area contributed by atoms with E-state index in [-0.39, 0.29) is 11.3 Å². The fourth-order valence-corrected chi connectivity index (χ4v) is 0.578. The number of nitrogens with one attached hydrogen (secondary N) is 1. The zero-order valence-electron chi connectivity index (χ0n) is 5.39. The van der Waals surface area contributed by atoms with Gasteiger partial charge in [0.25, 0.3) is 0 Å². The van der Waals surface area contributed by atoms with Crippen LogP contribution in [0.3, 0.4) is 0 Å². The van der Waals surface area contributed by atoms with Crippen molar-refractivity contribution in [3.8, 4) is 0 Å². The van der Waals surface area contributed by atoms with Crippen molar-refractivity contribution in [2.45, 2.75) is 18.2 Å². The molecule has 0 aromatic rings. The molecule has 0 fully saturated rings. The van der Waals surface area contributed by atoms with E-state index >= 15 is 0 Å². The van der Waals surface area contributed by atoms with Crippen molar-refractivity contribution in [1.29, 1.82) is 0 Å². The summed E-state index contributed by atoms with van der Waals surface area (Å²) in [5, 5.41) is 3.27. The van der Waals surface area contributed by atoms with Crippen molar-refractivity contribution in [2.24, 2.45) is 5.73 Å². The molecule has 0 aromatic heterocycles. The summed E-state index contributed by atoms with van der Waals surface area (Å²) in [6, 6.07) is 0.172. The molecular formula is C5H14N2S. The average Bonchev–Trinajstić information content (AvgIpc) is 1.67. The van der Waals surface area contributed by atoms with Crippen LogP contribution >= 0.6 is 12.6 Å². The van der Waals surface area contributed by atoms with Crippen LogP contribution in [0.15, 0.2) is 0 Å². The monoisotopic (exact) mass is 134 g/mol. The van der Waals surface area contributed by atoms with Gasteiger partial charge in [0, 0.05) is 17.8 Å². The van der Waals surface area contributed by atoms with Crippen LogP contribution in [0.4, 0.5) is 0 Å². The quantitative estimate of drug-likeness (QED) is 0.470. The van der Waals surface area contributed by atoms with Crippen LogP contribution in [0.25, 0.3) is 0 Å². The number of hydrogen-bond donors (Lipinski definition) is 3. The lowest BCUT2D eigenvalue weighted by molar-refractivity contribution is 0.647. The molecule has 8 heavy (non-hydrogen) atoms. The lowest BCUT2D eigenvalue weighted by atomic mass is 10.2. The largest absolute Gasteiger partial charge is 0.327 e. The Balaban J connectivity index is 3.17. The molecule has 2 unspecified atom stereocenters. The standard InChI is InChI=1S/C5H14N2S/c1-4(6)5(8)3-7-2/h4-5,7-8H,3,6H2,1-2H3. The topological polar surface area (TPSA) is 38.0 Å². The lowest BCUT2D eigenvalue weighted by Crippen LogP contribution is -2.34. The summed E-state index contributed by atoms with van der Waals surface area (Å²) in [5.41, 5.74) is 5.51. The van der Waals surface area contributed by atoms with Gasteiger partial charge in [-0.15, -0.1) is 0 Å². The first-order valence-electron chi connectivity index (χ1n) is 2.76. The smallest absolute Gasteiger partial charge is 0.0290 e. The summed E-state index contributed by atoms with van der Waals surface area (Å²) >= 11 is 4.22. The fraction of sp³-hybridized carbons (Fsp3) is 1.00. The SMILES string of the molecule is CNCC(S)C(C)N. The van der Waals surface area contributed by atoms with E-state index in [9.17, 15) is 0 Å². The summed E-state index contributed by atoms with van der Waals surface area (Å²) in [7, 11) is 1.89. The van der Waals surface area contributed by atoms with Gasteiger partial charge in [0.05, 0.1) is 0 Å². The molecule has 0 aliphatic rings. The highest BCUT2D eigenvalue weighted by atomic mass is 32.1. The van der Waals surface area contributed by atoms with Gasteiger partial charge >= 0.3 is 0 Å². The highest BCUT2D eigenvalue weighted by molar-refractivity contribution is 7.81. The maximum atomic E-state index is 5.51. The second-order valence-corrected chi connectivity index (χ2v) is 2.65. The predicted molar refractivity (Wildman–Crippen MR) is 40.4 cm³/mol. The van der Waals surface area contributed by atoms with E-state index in [0.29, 0.717) is 0 Å². The summed E-state index contributed by atoms with van der Waals surface area (Å²) < 4.78 is 0. The molecule has 2 nitrogen and oxygen atoms in total. The van der Waals surface area contributed by atoms with E-state index < -0.39 is 0 Å². The minimum atomic E-state index is 0.172. The highest BCUT2D eigenvalue weighted by Gasteiger charge is 2.04. The van der Waals surface area contributed by atoms with E-state index in [1.807, 2.05) is 14.0 Å². The molecule has 0 amide bonds. The third kappa shape index (κ3) is 3.29. The zero-order chi connectivity index (χ0) is 6.57. The first-order chi connectivity index (χ1) is 3.68. The summed E-state index contributed by atoms with van der Waals surface area (Å²) in [6.07, 6.45) is 0. The normalized spacial score (nSPS) is 18.0. The van der Waals surface area contributed by atoms with Gasteiger partial charge in [-0.05, 0) is 14.0 Å². The third-order valence-corrected chi connectivity index (χ3v) is 1.67. The van der Waals surface area contributed by atoms with Crippen molar-refractivity contribution in [2.75, 3.05) is 13.6 Å². The molecule has 3 N–H and O–H groups in total. The molecule has 2 atom stereocenters. The second kappa shape index (κ2) is 4.18. The van der Waals surface area contributed by atoms with E-state index in [1.165, 1.54) is 0 Å². The average molecular weight is 134 g/mol. The Kier molecular flexibility index (Phi) is 4.32. The predicted octanol–water partition coefficient (Wildman–Crippen LogP) is -0.149. The Morgan fingerprint density at radius 3 is 2.38 bits per heavy atom. The van der Waals surface area contributed by atoms with Gasteiger partial charge in [-0.3, -0.25) is 0 Å². The van der Waals surface area contributed by atoms with Crippen molar-refractivity contribution >= 4 is 12.6 Å². The van der Waals surface area contributed by atoms with E-state index in [0.717, 1.165) is 6.54 Å². The molecule has 0 radical (unpaired) electrons. The minimum absolute atomic E-state index is 0.172. The van der Waals surface area contributed by atoms with Crippen molar-refractivity contribution < 1.29 is 0 Å². The fourth-order valence-electron chi connectivity index (χ4n) is 0.395. The van der Waals surface area contributed by atoms with Gasteiger partial charge in [0.2, 0.25) is 0 Å². The number of hydrogen-bond acceptors (Lipinski definition) is 3. The zero-order valence-corrected chi connectivity index (χ0v) is 6.28. The number of thiol groups is 1. The van der Waals surface area contributed by atoms with Gasteiger partial charge in [-0.2, -0.15) is 12.6 Å². The van der Waals surface area contributed by atoms with Gasteiger partial charge in [-0.25, -0.2) is 0 Å². The molecule has 0 rings (SSSR count). The number of rotatable bonds is 3. The highest BCUT2D eigenvalue weighted by Crippen LogP contribution is 1.95. The van der Waals surface area contributed by atoms with Crippen LogP contribution in [0, 0.1) is 0 Å². The second-order valence-electron chi connectivity index (χ2n) is 1.98. The Morgan fingerprint density at radius 2 is 2.25 bits per heavy atom. The van der Waals surface area contributed by atoms with Crippen LogP contribution in [0.1, 0.15) is 6.92 Å². The molecule has 0 bridgehead atoms. The number of nitrogens with two attached hydrogens (primary N) is 1. The molecule has 3 heteroatoms. The lowest BCUT2D eigenvalue weighted by Gasteiger charge is -2.12. The Hall–Kier alpha value is 0.270. The van der Waals surface area contributed by atoms with Crippen LogP contribution in [-0.4, -0.2) is 24.9 Å². The van der Waals surface area contributed by atoms with E-state index in [2.05, 4.69) is 17.9 Å². The molecule has 0 saturated carbocycles. The summed E-state index contributed by atoms with van der Waals surface area (Å²) in [6.45, 7) is 2.83. The maximum absolute atomic E-state index is 5.51. The maximum Gasteiger partial charge on any atom is 0.0290 e. The van der Waals surface area contributed by atoms with Gasteiger partial charge in [0.15, 0.2) is 0 Å². The molecule has 0 aliphatic heterocycles. The van der Waals surface area contributed by atoms with Gasteiger partial charge < -0.3 is 11.1 Å². The van der Waals surface area contributed by atoms with Gasteiger partial charge in [0.1, 0.15) is 0 Å². The van der Waals surface area contributed by atoms with Crippen molar-refractivity contribution in [3.63, 3.8) is 0 Å². The van der Waals surface area contributed by atoms with E-state index in [1.54, 1.807) is 0 Å². The third-order valence-electron chi connectivity index (χ3n) is 1.02. The van der Waals surface area contributed by atoms with Gasteiger partial charge in [-0.1, -0.05) is 0 Å². The van der Waals surface area contributed by atoms with Crippen LogP contribution in [-0.2, 0) is 0 Å². The Labute approximate surface area is 56.2 Å². The van der Waals surface area contributed by atoms with Crippen LogP contribution < -0.4 is 11.1 Å². The van der Waals surface area contributed by atoms with Crippen molar-refractivity contribution in [1.82, 2.24) is 5.32 Å². The molecule has 0 aromatic carbocycles. The Bertz CT molecular complexity index is 56.4. The molecule has 0 spiro atoms. The van der Waals surface area contributed by atoms with Crippen LogP contribution in [0.2, 0.25) is 0 Å². The summed E-state index contributed by atoms with van der Waals surface area (Å²) in [5.74, 6) is 0. The molecule has 0 aliphatic carbocycles. The molecule has 0 heterocycles. The van der Waals surface area contributed by atoms with Crippen molar-refractivity contribution in [3.05, 3.63) is 0 Å². The first kappa shape index (κ1) is 8.27. The Morgan fingerprint density at radius 1 is 1.75 bits per heavy atom. The van der Waals surface area contributed by atoms with Crippen LogP contribution in [0.5, 0.6) is 0 Å². The first-order valence-corrected chi connectivity index (χ1v) is 3.28. The minimum Gasteiger partial charge on any atom is -0.327 e. The molecule has 50 valence electrons. The molecular weight excluding hydrogens is 120 g/mol. The summed E-state index contributed by atoms with van der Waals surface area (Å²) in [4.78, 5) is 0. The van der Waals surface area contributed by atoms with E-state index in [4.69, 9.17) is 5.73 Å².